The molecule has 0 saturated heterocycles. The Labute approximate surface area is 96.0 Å². The molecule has 0 aliphatic rings. The van der Waals surface area contributed by atoms with Gasteiger partial charge in [0.2, 0.25) is 0 Å². The van der Waals surface area contributed by atoms with Gasteiger partial charge in [0.15, 0.2) is 0 Å². The van der Waals surface area contributed by atoms with Crippen LogP contribution in [0.3, 0.4) is 0 Å². The Kier molecular flexibility index (Phi) is 5.02. The topological polar surface area (TPSA) is 21.6 Å². The third-order valence-electron chi connectivity index (χ3n) is 2.23. The Morgan fingerprint density at radius 3 is 2.80 bits per heavy atom. The van der Waals surface area contributed by atoms with Gasteiger partial charge in [-0.05, 0) is 49.3 Å². The number of isothiocyanates is 1. The molecule has 0 aliphatic carbocycles. The van der Waals surface area contributed by atoms with Crippen molar-refractivity contribution < 1.29 is 4.74 Å². The molecule has 1 rings (SSSR count). The van der Waals surface area contributed by atoms with E-state index in [9.17, 15) is 0 Å². The molecular weight excluding hydrogens is 206 g/mol. The van der Waals surface area contributed by atoms with Crippen molar-refractivity contribution in [2.45, 2.75) is 20.3 Å². The fourth-order valence-corrected chi connectivity index (χ4v) is 1.27. The zero-order chi connectivity index (χ0) is 11.1. The molecule has 1 aromatic rings. The van der Waals surface area contributed by atoms with Gasteiger partial charge < -0.3 is 4.74 Å². The molecule has 0 radical (unpaired) electrons. The summed E-state index contributed by atoms with van der Waals surface area (Å²) >= 11 is 4.47. The molecule has 80 valence electrons. The fraction of sp³-hybridized carbons (Fsp3) is 0.417. The lowest BCUT2D eigenvalue weighted by molar-refractivity contribution is 0.313. The van der Waals surface area contributed by atoms with Crippen molar-refractivity contribution in [3.8, 4) is 5.75 Å². The van der Waals surface area contributed by atoms with Crippen LogP contribution in [0.5, 0.6) is 5.75 Å². The van der Waals surface area contributed by atoms with E-state index in [2.05, 4.69) is 48.4 Å². The average molecular weight is 221 g/mol. The first kappa shape index (κ1) is 11.9. The Morgan fingerprint density at radius 1 is 1.33 bits per heavy atom. The maximum atomic E-state index is 5.57. The Hall–Kier alpha value is -1.18. The van der Waals surface area contributed by atoms with Gasteiger partial charge in [-0.25, -0.2) is 4.99 Å². The van der Waals surface area contributed by atoms with E-state index >= 15 is 0 Å². The van der Waals surface area contributed by atoms with Crippen LogP contribution in [0.4, 0.5) is 0 Å². The van der Waals surface area contributed by atoms with Crippen molar-refractivity contribution in [2.75, 3.05) is 13.2 Å². The molecule has 0 saturated carbocycles. The first-order valence-corrected chi connectivity index (χ1v) is 5.38. The zero-order valence-electron chi connectivity index (χ0n) is 9.12. The first-order chi connectivity index (χ1) is 7.24. The summed E-state index contributed by atoms with van der Waals surface area (Å²) in [6.45, 7) is 5.53. The maximum Gasteiger partial charge on any atom is 0.119 e. The highest BCUT2D eigenvalue weighted by Gasteiger charge is 1.96. The van der Waals surface area contributed by atoms with Gasteiger partial charge in [-0.2, -0.15) is 0 Å². The van der Waals surface area contributed by atoms with Crippen molar-refractivity contribution in [3.63, 3.8) is 0 Å². The number of aliphatic imine (C=N–C) groups is 1. The van der Waals surface area contributed by atoms with Crippen LogP contribution < -0.4 is 4.74 Å². The molecule has 0 spiro atoms. The van der Waals surface area contributed by atoms with Crippen LogP contribution in [0.2, 0.25) is 0 Å². The molecule has 0 aromatic heterocycles. The standard InChI is InChI=1S/C12H15NOS/c1-10-4-5-12(8-11(10)2)14-7-3-6-13-9-15/h4-5,8H,3,6-7H2,1-2H3. The van der Waals surface area contributed by atoms with Crippen molar-refractivity contribution in [1.82, 2.24) is 0 Å². The monoisotopic (exact) mass is 221 g/mol. The van der Waals surface area contributed by atoms with Gasteiger partial charge >= 0.3 is 0 Å². The summed E-state index contributed by atoms with van der Waals surface area (Å²) in [6, 6.07) is 6.11. The van der Waals surface area contributed by atoms with E-state index in [4.69, 9.17) is 4.74 Å². The van der Waals surface area contributed by atoms with E-state index < -0.39 is 0 Å². The fourth-order valence-electron chi connectivity index (χ4n) is 1.18. The van der Waals surface area contributed by atoms with Gasteiger partial charge in [-0.15, -0.1) is 0 Å². The van der Waals surface area contributed by atoms with E-state index in [0.29, 0.717) is 13.2 Å². The van der Waals surface area contributed by atoms with Crippen molar-refractivity contribution in [3.05, 3.63) is 29.3 Å². The van der Waals surface area contributed by atoms with E-state index in [-0.39, 0.29) is 0 Å². The van der Waals surface area contributed by atoms with Crippen LogP contribution in [0.1, 0.15) is 17.5 Å². The molecular formula is C12H15NOS. The normalized spacial score (nSPS) is 9.47. The summed E-state index contributed by atoms with van der Waals surface area (Å²) in [5.41, 5.74) is 2.54. The van der Waals surface area contributed by atoms with Crippen LogP contribution in [0.15, 0.2) is 23.2 Å². The number of aryl methyl sites for hydroxylation is 2. The molecule has 0 aliphatic heterocycles. The zero-order valence-corrected chi connectivity index (χ0v) is 9.93. The molecule has 0 heterocycles. The van der Waals surface area contributed by atoms with E-state index in [1.54, 1.807) is 0 Å². The SMILES string of the molecule is Cc1ccc(OCCCN=C=S)cc1C. The molecule has 0 fully saturated rings. The van der Waals surface area contributed by atoms with Crippen molar-refractivity contribution in [1.29, 1.82) is 0 Å². The predicted molar refractivity (Wildman–Crippen MR) is 65.9 cm³/mol. The number of rotatable bonds is 5. The Balaban J connectivity index is 2.37. The first-order valence-electron chi connectivity index (χ1n) is 4.97. The summed E-state index contributed by atoms with van der Waals surface area (Å²) < 4.78 is 5.57. The average Bonchev–Trinajstić information content (AvgIpc) is 2.23. The van der Waals surface area contributed by atoms with Gasteiger partial charge in [-0.3, -0.25) is 0 Å². The van der Waals surface area contributed by atoms with Gasteiger partial charge in [0.25, 0.3) is 0 Å². The van der Waals surface area contributed by atoms with Gasteiger partial charge in [0.05, 0.1) is 18.3 Å². The van der Waals surface area contributed by atoms with Crippen LogP contribution in [0.25, 0.3) is 0 Å². The lowest BCUT2D eigenvalue weighted by Crippen LogP contribution is -1.99. The molecule has 2 nitrogen and oxygen atoms in total. The predicted octanol–water partition coefficient (Wildman–Crippen LogP) is 3.18. The summed E-state index contributed by atoms with van der Waals surface area (Å²) in [7, 11) is 0. The largest absolute Gasteiger partial charge is 0.494 e. The Morgan fingerprint density at radius 2 is 2.13 bits per heavy atom. The van der Waals surface area contributed by atoms with Crippen LogP contribution in [0, 0.1) is 13.8 Å². The highest BCUT2D eigenvalue weighted by molar-refractivity contribution is 7.78. The molecule has 0 N–H and O–H groups in total. The number of hydrogen-bond donors (Lipinski definition) is 0. The molecule has 15 heavy (non-hydrogen) atoms. The van der Waals surface area contributed by atoms with Crippen LogP contribution in [-0.2, 0) is 0 Å². The summed E-state index contributed by atoms with van der Waals surface area (Å²) in [4.78, 5) is 3.82. The van der Waals surface area contributed by atoms with Crippen molar-refractivity contribution in [2.24, 2.45) is 4.99 Å². The molecule has 3 heteroatoms. The lowest BCUT2D eigenvalue weighted by atomic mass is 10.1. The van der Waals surface area contributed by atoms with E-state index in [1.165, 1.54) is 11.1 Å². The maximum absolute atomic E-state index is 5.57. The highest BCUT2D eigenvalue weighted by Crippen LogP contribution is 2.16. The number of nitrogens with zero attached hydrogens (tertiary/aromatic N) is 1. The molecule has 0 amide bonds. The molecule has 0 unspecified atom stereocenters. The molecule has 0 atom stereocenters. The smallest absolute Gasteiger partial charge is 0.119 e. The van der Waals surface area contributed by atoms with E-state index in [1.807, 2.05) is 6.07 Å². The van der Waals surface area contributed by atoms with Crippen LogP contribution >= 0.6 is 12.2 Å². The quantitative estimate of drug-likeness (QED) is 0.433. The summed E-state index contributed by atoms with van der Waals surface area (Å²) in [5.74, 6) is 0.921. The molecule has 0 bridgehead atoms. The number of ether oxygens (including phenoxy) is 1. The Bertz CT molecular complexity index is 370. The second-order valence-electron chi connectivity index (χ2n) is 3.42. The summed E-state index contributed by atoms with van der Waals surface area (Å²) in [5, 5.41) is 2.34. The summed E-state index contributed by atoms with van der Waals surface area (Å²) in [6.07, 6.45) is 0.872. The van der Waals surface area contributed by atoms with Crippen LogP contribution in [-0.4, -0.2) is 18.3 Å². The lowest BCUT2D eigenvalue weighted by Gasteiger charge is -2.07. The minimum atomic E-state index is 0.670. The number of thiocarbonyl (C=S) groups is 1. The molecule has 1 aromatic carbocycles. The van der Waals surface area contributed by atoms with Gasteiger partial charge in [0.1, 0.15) is 5.75 Å². The third-order valence-corrected chi connectivity index (χ3v) is 2.36. The second-order valence-corrected chi connectivity index (χ2v) is 3.60. The minimum absolute atomic E-state index is 0.670. The highest BCUT2D eigenvalue weighted by atomic mass is 32.1. The third kappa shape index (κ3) is 4.24. The second kappa shape index (κ2) is 6.33. The number of hydrogen-bond acceptors (Lipinski definition) is 3. The van der Waals surface area contributed by atoms with Gasteiger partial charge in [-0.1, -0.05) is 6.07 Å². The van der Waals surface area contributed by atoms with E-state index in [0.717, 1.165) is 12.2 Å². The van der Waals surface area contributed by atoms with Gasteiger partial charge in [0, 0.05) is 6.42 Å². The number of benzene rings is 1. The minimum Gasteiger partial charge on any atom is -0.494 e. The van der Waals surface area contributed by atoms with Crippen molar-refractivity contribution >= 4 is 17.4 Å².